The van der Waals surface area contributed by atoms with Gasteiger partial charge in [0.05, 0.1) is 11.9 Å². The average molecular weight is 310 g/mol. The van der Waals surface area contributed by atoms with Gasteiger partial charge in [-0.15, -0.1) is 0 Å². The fourth-order valence-electron chi connectivity index (χ4n) is 2.18. The number of benzene rings is 1. The summed E-state index contributed by atoms with van der Waals surface area (Å²) in [5.41, 5.74) is 0.530. The molecule has 3 nitrogen and oxygen atoms in total. The van der Waals surface area contributed by atoms with Gasteiger partial charge in [-0.2, -0.15) is 0 Å². The molecule has 2 rings (SSSR count). The van der Waals surface area contributed by atoms with Crippen molar-refractivity contribution in [2.45, 2.75) is 19.1 Å². The Hall–Kier alpha value is -1.92. The molecule has 1 heterocycles. The molecule has 0 saturated heterocycles. The monoisotopic (exact) mass is 310 g/mol. The molecule has 0 saturated carbocycles. The molecular weight excluding hydrogens is 293 g/mol. The second kappa shape index (κ2) is 6.89. The second-order valence-electron chi connectivity index (χ2n) is 5.20. The molecule has 0 aliphatic rings. The van der Waals surface area contributed by atoms with Crippen LogP contribution in [0, 0.1) is 17.5 Å². The maximum atomic E-state index is 13.8. The lowest BCUT2D eigenvalue weighted by Gasteiger charge is -2.27. The third kappa shape index (κ3) is 3.84. The summed E-state index contributed by atoms with van der Waals surface area (Å²) in [6, 6.07) is 5.43. The van der Waals surface area contributed by atoms with Gasteiger partial charge in [0.1, 0.15) is 23.6 Å². The molecule has 0 aliphatic carbocycles. The third-order valence-electron chi connectivity index (χ3n) is 3.62. The van der Waals surface area contributed by atoms with Gasteiger partial charge in [0, 0.05) is 18.2 Å². The minimum Gasteiger partial charge on any atom is -0.385 e. The number of nitrogens with zero attached hydrogens (tertiary/aromatic N) is 2. The maximum absolute atomic E-state index is 13.8. The van der Waals surface area contributed by atoms with E-state index in [0.717, 1.165) is 24.4 Å². The number of rotatable bonds is 5. The Balaban J connectivity index is 2.09. The summed E-state index contributed by atoms with van der Waals surface area (Å²) in [5, 5.41) is 10.1. The van der Waals surface area contributed by atoms with E-state index in [9.17, 15) is 18.3 Å². The van der Waals surface area contributed by atoms with Gasteiger partial charge in [-0.25, -0.2) is 13.2 Å². The molecule has 1 aromatic heterocycles. The Kier molecular flexibility index (Phi) is 5.15. The first kappa shape index (κ1) is 16.5. The van der Waals surface area contributed by atoms with E-state index >= 15 is 0 Å². The van der Waals surface area contributed by atoms with Crippen molar-refractivity contribution >= 4 is 0 Å². The fourth-order valence-corrected chi connectivity index (χ4v) is 2.18. The van der Waals surface area contributed by atoms with Crippen LogP contribution in [0.15, 0.2) is 36.5 Å². The Morgan fingerprint density at radius 3 is 2.45 bits per heavy atom. The number of aliphatic hydroxyl groups excluding tert-OH is 1. The van der Waals surface area contributed by atoms with Crippen LogP contribution in [-0.4, -0.2) is 28.6 Å². The first-order valence-corrected chi connectivity index (χ1v) is 6.83. The zero-order valence-corrected chi connectivity index (χ0v) is 12.3. The molecule has 1 aromatic carbocycles. The molecule has 2 aromatic rings. The van der Waals surface area contributed by atoms with Crippen LogP contribution in [-0.2, 0) is 0 Å². The standard InChI is InChI=1S/C16H17F3N2O/c1-10(13-7-11(17)3-5-14(13)19)21(2)9-16(22)15-6-4-12(18)8-20-15/h3-8,10,16,22H,9H2,1-2H3/t10-,16+/m0/s1. The smallest absolute Gasteiger partial charge is 0.141 e. The van der Waals surface area contributed by atoms with Crippen LogP contribution in [0.2, 0.25) is 0 Å². The van der Waals surface area contributed by atoms with E-state index in [0.29, 0.717) is 5.69 Å². The minimum atomic E-state index is -0.954. The van der Waals surface area contributed by atoms with Crippen molar-refractivity contribution < 1.29 is 18.3 Å². The number of hydrogen-bond acceptors (Lipinski definition) is 3. The number of pyridine rings is 1. The quantitative estimate of drug-likeness (QED) is 0.921. The summed E-state index contributed by atoms with van der Waals surface area (Å²) >= 11 is 0. The van der Waals surface area contributed by atoms with Crippen molar-refractivity contribution in [2.75, 3.05) is 13.6 Å². The summed E-state index contributed by atoms with van der Waals surface area (Å²) in [7, 11) is 1.68. The van der Waals surface area contributed by atoms with E-state index in [2.05, 4.69) is 4.98 Å². The fraction of sp³-hybridized carbons (Fsp3) is 0.312. The van der Waals surface area contributed by atoms with E-state index in [1.54, 1.807) is 18.9 Å². The normalized spacial score (nSPS) is 14.1. The molecule has 0 bridgehead atoms. The van der Waals surface area contributed by atoms with Crippen molar-refractivity contribution in [3.63, 3.8) is 0 Å². The molecule has 118 valence electrons. The lowest BCUT2D eigenvalue weighted by Crippen LogP contribution is -2.28. The highest BCUT2D eigenvalue weighted by atomic mass is 19.1. The first-order chi connectivity index (χ1) is 10.4. The van der Waals surface area contributed by atoms with Crippen LogP contribution in [0.5, 0.6) is 0 Å². The van der Waals surface area contributed by atoms with Crippen LogP contribution >= 0.6 is 0 Å². The number of halogens is 3. The molecule has 6 heteroatoms. The van der Waals surface area contributed by atoms with E-state index in [1.807, 2.05) is 0 Å². The highest BCUT2D eigenvalue weighted by Crippen LogP contribution is 2.24. The van der Waals surface area contributed by atoms with Gasteiger partial charge in [-0.3, -0.25) is 9.88 Å². The van der Waals surface area contributed by atoms with Gasteiger partial charge < -0.3 is 5.11 Å². The van der Waals surface area contributed by atoms with Crippen LogP contribution in [0.3, 0.4) is 0 Å². The van der Waals surface area contributed by atoms with E-state index in [4.69, 9.17) is 0 Å². The van der Waals surface area contributed by atoms with Crippen molar-refractivity contribution in [2.24, 2.45) is 0 Å². The van der Waals surface area contributed by atoms with Gasteiger partial charge in [0.25, 0.3) is 0 Å². The van der Waals surface area contributed by atoms with Crippen molar-refractivity contribution in [3.8, 4) is 0 Å². The Morgan fingerprint density at radius 1 is 1.14 bits per heavy atom. The second-order valence-corrected chi connectivity index (χ2v) is 5.20. The predicted octanol–water partition coefficient (Wildman–Crippen LogP) is 3.23. The van der Waals surface area contributed by atoms with Gasteiger partial charge in [0.2, 0.25) is 0 Å². The summed E-state index contributed by atoms with van der Waals surface area (Å²) in [6.45, 7) is 1.86. The Bertz CT molecular complexity index is 634. The van der Waals surface area contributed by atoms with Crippen molar-refractivity contribution in [1.29, 1.82) is 0 Å². The van der Waals surface area contributed by atoms with Gasteiger partial charge in [-0.05, 0) is 44.3 Å². The molecular formula is C16H17F3N2O. The lowest BCUT2D eigenvalue weighted by molar-refractivity contribution is 0.104. The van der Waals surface area contributed by atoms with Crippen molar-refractivity contribution in [3.05, 3.63) is 65.2 Å². The zero-order valence-electron chi connectivity index (χ0n) is 12.3. The molecule has 0 radical (unpaired) electrons. The van der Waals surface area contributed by atoms with E-state index < -0.39 is 29.6 Å². The summed E-state index contributed by atoms with van der Waals surface area (Å²) < 4.78 is 39.8. The van der Waals surface area contributed by atoms with Crippen LogP contribution in [0.1, 0.15) is 30.3 Å². The summed E-state index contributed by atoms with van der Waals surface area (Å²) in [4.78, 5) is 5.48. The molecule has 0 unspecified atom stereocenters. The van der Waals surface area contributed by atoms with Crippen molar-refractivity contribution in [1.82, 2.24) is 9.88 Å². The number of aromatic nitrogens is 1. The number of aliphatic hydroxyl groups is 1. The largest absolute Gasteiger partial charge is 0.385 e. The molecule has 0 spiro atoms. The van der Waals surface area contributed by atoms with Crippen LogP contribution in [0.4, 0.5) is 13.2 Å². The summed E-state index contributed by atoms with van der Waals surface area (Å²) in [6.07, 6.45) is 0.0680. The first-order valence-electron chi connectivity index (χ1n) is 6.83. The minimum absolute atomic E-state index is 0.149. The highest BCUT2D eigenvalue weighted by molar-refractivity contribution is 5.22. The lowest BCUT2D eigenvalue weighted by atomic mass is 10.1. The highest BCUT2D eigenvalue weighted by Gasteiger charge is 2.20. The van der Waals surface area contributed by atoms with E-state index in [-0.39, 0.29) is 12.1 Å². The molecule has 1 N–H and O–H groups in total. The molecule has 0 aliphatic heterocycles. The average Bonchev–Trinajstić information content (AvgIpc) is 2.49. The molecule has 0 fully saturated rings. The zero-order chi connectivity index (χ0) is 16.3. The number of hydrogen-bond donors (Lipinski definition) is 1. The maximum Gasteiger partial charge on any atom is 0.141 e. The van der Waals surface area contributed by atoms with E-state index in [1.165, 1.54) is 12.1 Å². The molecule has 2 atom stereocenters. The Morgan fingerprint density at radius 2 is 1.82 bits per heavy atom. The van der Waals surface area contributed by atoms with Gasteiger partial charge >= 0.3 is 0 Å². The predicted molar refractivity (Wildman–Crippen MR) is 76.6 cm³/mol. The molecule has 22 heavy (non-hydrogen) atoms. The Labute approximate surface area is 127 Å². The van der Waals surface area contributed by atoms with Gasteiger partial charge in [0.15, 0.2) is 0 Å². The SMILES string of the molecule is C[C@@H](c1cc(F)ccc1F)N(C)C[C@@H](O)c1ccc(F)cn1. The third-order valence-corrected chi connectivity index (χ3v) is 3.62. The summed E-state index contributed by atoms with van der Waals surface area (Å²) in [5.74, 6) is -1.51. The van der Waals surface area contributed by atoms with Gasteiger partial charge in [-0.1, -0.05) is 0 Å². The van der Waals surface area contributed by atoms with Crippen LogP contribution < -0.4 is 0 Å². The number of likely N-dealkylation sites (N-methyl/N-ethyl adjacent to an activating group) is 1. The molecule has 0 amide bonds. The topological polar surface area (TPSA) is 36.4 Å². The van der Waals surface area contributed by atoms with Crippen LogP contribution in [0.25, 0.3) is 0 Å².